The molecule has 0 bridgehead atoms. The maximum atomic E-state index is 14.2. The molecule has 0 spiro atoms. The molecule has 0 radical (unpaired) electrons. The first-order valence-electron chi connectivity index (χ1n) is 10.1. The maximum Gasteiger partial charge on any atom is 0.214 e. The predicted molar refractivity (Wildman–Crippen MR) is 124 cm³/mol. The van der Waals surface area contributed by atoms with Gasteiger partial charge in [-0.3, -0.25) is 4.79 Å². The lowest BCUT2D eigenvalue weighted by Gasteiger charge is -2.29. The number of benzene rings is 3. The summed E-state index contributed by atoms with van der Waals surface area (Å²) in [5.41, 5.74) is 2.43. The Morgan fingerprint density at radius 1 is 0.909 bits per heavy atom. The number of hydrogen-bond donors (Lipinski definition) is 0. The smallest absolute Gasteiger partial charge is 0.214 e. The summed E-state index contributed by atoms with van der Waals surface area (Å²) in [6, 6.07) is 13.5. The van der Waals surface area contributed by atoms with Crippen LogP contribution in [0.15, 0.2) is 70.6 Å². The van der Waals surface area contributed by atoms with E-state index in [2.05, 4.69) is 0 Å². The van der Waals surface area contributed by atoms with E-state index in [1.165, 1.54) is 31.4 Å². The number of nitrogens with zero attached hydrogens (tertiary/aromatic N) is 1. The highest BCUT2D eigenvalue weighted by Gasteiger charge is 2.37. The molecular weight excluding hydrogens is 445 g/mol. The Hall–Kier alpha value is -3.65. The number of rotatable bonds is 5. The molecule has 3 aromatic rings. The van der Waals surface area contributed by atoms with Crippen LogP contribution in [0.4, 0.5) is 15.8 Å². The van der Waals surface area contributed by atoms with Crippen molar-refractivity contribution in [3.8, 4) is 11.5 Å². The molecular formula is C25H22FNO5S. The van der Waals surface area contributed by atoms with Gasteiger partial charge in [0.15, 0.2) is 0 Å². The van der Waals surface area contributed by atoms with Crippen LogP contribution in [0, 0.1) is 19.7 Å². The number of allylic oxidation sites excluding steroid dienone is 1. The zero-order valence-electron chi connectivity index (χ0n) is 18.5. The summed E-state index contributed by atoms with van der Waals surface area (Å²) in [5, 5.41) is 0. The molecule has 33 heavy (non-hydrogen) atoms. The number of methoxy groups -OCH3 is 2. The first-order chi connectivity index (χ1) is 15.6. The van der Waals surface area contributed by atoms with Crippen LogP contribution >= 0.6 is 0 Å². The average molecular weight is 468 g/mol. The highest BCUT2D eigenvalue weighted by Crippen LogP contribution is 2.42. The Bertz CT molecular complexity index is 1390. The monoisotopic (exact) mass is 467 g/mol. The normalized spacial score (nSPS) is 14.3. The molecule has 3 aromatic carbocycles. The van der Waals surface area contributed by atoms with E-state index in [0.29, 0.717) is 22.7 Å². The summed E-state index contributed by atoms with van der Waals surface area (Å²) in [6.07, 6.45) is 1.23. The van der Waals surface area contributed by atoms with Crippen LogP contribution in [0.2, 0.25) is 0 Å². The van der Waals surface area contributed by atoms with Crippen molar-refractivity contribution < 1.29 is 27.1 Å². The molecule has 1 heterocycles. The Kier molecular flexibility index (Phi) is 5.71. The van der Waals surface area contributed by atoms with Gasteiger partial charge in [0.1, 0.15) is 22.2 Å². The molecule has 170 valence electrons. The quantitative estimate of drug-likeness (QED) is 0.384. The minimum atomic E-state index is -4.21. The van der Waals surface area contributed by atoms with E-state index in [0.717, 1.165) is 17.7 Å². The van der Waals surface area contributed by atoms with Crippen molar-refractivity contribution >= 4 is 27.0 Å². The zero-order valence-corrected chi connectivity index (χ0v) is 19.4. The molecule has 0 unspecified atom stereocenters. The second kappa shape index (κ2) is 8.37. The maximum absolute atomic E-state index is 14.2. The van der Waals surface area contributed by atoms with Crippen LogP contribution in [0.5, 0.6) is 11.5 Å². The summed E-state index contributed by atoms with van der Waals surface area (Å²) < 4.78 is 51.7. The Morgan fingerprint density at radius 3 is 2.18 bits per heavy atom. The molecule has 1 aliphatic rings. The second-order valence-corrected chi connectivity index (χ2v) is 9.58. The molecule has 0 aromatic heterocycles. The van der Waals surface area contributed by atoms with Gasteiger partial charge in [-0.05, 0) is 37.6 Å². The highest BCUT2D eigenvalue weighted by atomic mass is 32.2. The number of ketones is 1. The molecule has 0 saturated heterocycles. The Balaban J connectivity index is 1.97. The summed E-state index contributed by atoms with van der Waals surface area (Å²) >= 11 is 0. The van der Waals surface area contributed by atoms with Crippen molar-refractivity contribution in [2.75, 3.05) is 19.1 Å². The predicted octanol–water partition coefficient (Wildman–Crippen LogP) is 5.11. The van der Waals surface area contributed by atoms with Gasteiger partial charge in [0, 0.05) is 30.0 Å². The van der Waals surface area contributed by atoms with Gasteiger partial charge in [0.2, 0.25) is 15.6 Å². The van der Waals surface area contributed by atoms with Gasteiger partial charge in [-0.2, -0.15) is 0 Å². The zero-order chi connectivity index (χ0) is 23.9. The fourth-order valence-electron chi connectivity index (χ4n) is 3.81. The van der Waals surface area contributed by atoms with Gasteiger partial charge in [-0.15, -0.1) is 0 Å². The number of sulfone groups is 1. The van der Waals surface area contributed by atoms with Crippen molar-refractivity contribution in [3.63, 3.8) is 0 Å². The van der Waals surface area contributed by atoms with Crippen molar-refractivity contribution in [3.05, 3.63) is 88.2 Å². The van der Waals surface area contributed by atoms with Crippen LogP contribution < -0.4 is 14.4 Å². The first-order valence-corrected chi connectivity index (χ1v) is 11.5. The Labute approximate surface area is 191 Å². The molecule has 4 rings (SSSR count). The van der Waals surface area contributed by atoms with Gasteiger partial charge in [0.25, 0.3) is 0 Å². The van der Waals surface area contributed by atoms with Gasteiger partial charge >= 0.3 is 0 Å². The first kappa shape index (κ1) is 22.5. The molecule has 0 saturated carbocycles. The van der Waals surface area contributed by atoms with Gasteiger partial charge in [-0.1, -0.05) is 23.8 Å². The topological polar surface area (TPSA) is 72.9 Å². The number of fused-ring (bicyclic) bond motifs is 1. The van der Waals surface area contributed by atoms with Crippen molar-refractivity contribution in [1.29, 1.82) is 0 Å². The lowest BCUT2D eigenvalue weighted by molar-refractivity contribution is 0.104. The van der Waals surface area contributed by atoms with Gasteiger partial charge < -0.3 is 14.4 Å². The molecule has 0 aliphatic carbocycles. The minimum absolute atomic E-state index is 0.0856. The number of ether oxygens (including phenoxy) is 2. The van der Waals surface area contributed by atoms with Crippen LogP contribution in [-0.4, -0.2) is 28.4 Å². The number of anilines is 2. The fourth-order valence-corrected chi connectivity index (χ4v) is 5.32. The minimum Gasteiger partial charge on any atom is -0.497 e. The number of halogens is 1. The molecule has 0 N–H and O–H groups in total. The van der Waals surface area contributed by atoms with Crippen LogP contribution in [0.3, 0.4) is 0 Å². The number of Topliss-reactive ketones (excluding diaryl/α,β-unsaturated/α-hetero) is 1. The van der Waals surface area contributed by atoms with Crippen molar-refractivity contribution in [2.45, 2.75) is 18.7 Å². The van der Waals surface area contributed by atoms with E-state index in [9.17, 15) is 17.6 Å². The third-order valence-electron chi connectivity index (χ3n) is 5.47. The van der Waals surface area contributed by atoms with Crippen LogP contribution in [0.1, 0.15) is 21.5 Å². The third kappa shape index (κ3) is 3.98. The standard InChI is InChI=1S/C25H22FNO5S/c1-15-5-7-21(16(2)9-15)25(28)24-14-27(18-11-19(31-3)13-20(12-18)32-4)22-10-17(26)6-8-23(22)33(24,29)30/h5-14H,1-4H3. The van der Waals surface area contributed by atoms with Crippen LogP contribution in [0.25, 0.3) is 0 Å². The average Bonchev–Trinajstić information content (AvgIpc) is 2.78. The second-order valence-electron chi connectivity index (χ2n) is 7.70. The largest absolute Gasteiger partial charge is 0.497 e. The number of aryl methyl sites for hydroxylation is 2. The highest BCUT2D eigenvalue weighted by molar-refractivity contribution is 7.96. The van der Waals surface area contributed by atoms with E-state index in [4.69, 9.17) is 9.47 Å². The van der Waals surface area contributed by atoms with Crippen molar-refractivity contribution in [2.24, 2.45) is 0 Å². The fraction of sp³-hybridized carbons (Fsp3) is 0.160. The summed E-state index contributed by atoms with van der Waals surface area (Å²) in [6.45, 7) is 3.64. The SMILES string of the molecule is COc1cc(OC)cc(N2C=C(C(=O)c3ccc(C)cc3C)S(=O)(=O)c3ccc(F)cc32)c1. The molecule has 8 heteroatoms. The van der Waals surface area contributed by atoms with E-state index in [-0.39, 0.29) is 16.1 Å². The molecule has 6 nitrogen and oxygen atoms in total. The van der Waals surface area contributed by atoms with Gasteiger partial charge in [0.05, 0.1) is 30.5 Å². The van der Waals surface area contributed by atoms with E-state index >= 15 is 0 Å². The molecule has 0 atom stereocenters. The van der Waals surface area contributed by atoms with Crippen molar-refractivity contribution in [1.82, 2.24) is 0 Å². The Morgan fingerprint density at radius 2 is 1.58 bits per heavy atom. The van der Waals surface area contributed by atoms with Crippen LogP contribution in [-0.2, 0) is 9.84 Å². The summed E-state index contributed by atoms with van der Waals surface area (Å²) in [5.74, 6) is -0.346. The molecule has 1 aliphatic heterocycles. The number of carbonyl (C=O) groups is 1. The third-order valence-corrected chi connectivity index (χ3v) is 7.26. The summed E-state index contributed by atoms with van der Waals surface area (Å²) in [4.78, 5) is 14.3. The number of carbonyl (C=O) groups excluding carboxylic acids is 1. The lowest BCUT2D eigenvalue weighted by atomic mass is 10.0. The van der Waals surface area contributed by atoms with E-state index in [1.54, 1.807) is 37.3 Å². The number of hydrogen-bond acceptors (Lipinski definition) is 6. The lowest BCUT2D eigenvalue weighted by Crippen LogP contribution is -2.26. The molecule has 0 amide bonds. The summed E-state index contributed by atoms with van der Waals surface area (Å²) in [7, 11) is -1.24. The van der Waals surface area contributed by atoms with E-state index < -0.39 is 26.3 Å². The molecule has 0 fully saturated rings. The van der Waals surface area contributed by atoms with Gasteiger partial charge in [-0.25, -0.2) is 12.8 Å². The van der Waals surface area contributed by atoms with E-state index in [1.807, 2.05) is 13.0 Å².